The predicted molar refractivity (Wildman–Crippen MR) is 71.4 cm³/mol. The molecule has 94 valence electrons. The molecule has 1 aliphatic rings. The van der Waals surface area contributed by atoms with E-state index in [0.29, 0.717) is 6.42 Å². The number of aliphatic hydroxyl groups excluding tert-OH is 1. The minimum absolute atomic E-state index is 0.182. The molecule has 17 heavy (non-hydrogen) atoms. The summed E-state index contributed by atoms with van der Waals surface area (Å²) < 4.78 is 0. The third-order valence-corrected chi connectivity index (χ3v) is 3.71. The van der Waals surface area contributed by atoms with Crippen LogP contribution in [0.5, 0.6) is 0 Å². The van der Waals surface area contributed by atoms with Crippen LogP contribution in [-0.2, 0) is 13.0 Å². The van der Waals surface area contributed by atoms with Gasteiger partial charge in [0.1, 0.15) is 0 Å². The maximum Gasteiger partial charge on any atom is 0.0471 e. The Morgan fingerprint density at radius 3 is 2.59 bits per heavy atom. The van der Waals surface area contributed by atoms with Crippen LogP contribution in [0.1, 0.15) is 30.4 Å². The van der Waals surface area contributed by atoms with Crippen LogP contribution in [0.2, 0.25) is 5.02 Å². The molecule has 0 aliphatic carbocycles. The van der Waals surface area contributed by atoms with Gasteiger partial charge in [-0.1, -0.05) is 30.2 Å². The van der Waals surface area contributed by atoms with Gasteiger partial charge in [-0.2, -0.15) is 0 Å². The quantitative estimate of drug-likeness (QED) is 0.892. The molecule has 1 aromatic carbocycles. The molecule has 2 nitrogen and oxygen atoms in total. The van der Waals surface area contributed by atoms with Gasteiger partial charge in [0.25, 0.3) is 0 Å². The Morgan fingerprint density at radius 2 is 1.94 bits per heavy atom. The molecule has 0 unspecified atom stereocenters. The van der Waals surface area contributed by atoms with Gasteiger partial charge in [0.2, 0.25) is 0 Å². The van der Waals surface area contributed by atoms with Crippen LogP contribution in [0.4, 0.5) is 0 Å². The molecular formula is C14H20ClNO. The molecule has 2 rings (SSSR count). The van der Waals surface area contributed by atoms with E-state index in [4.69, 9.17) is 16.7 Å². The monoisotopic (exact) mass is 253 g/mol. The first-order chi connectivity index (χ1) is 8.29. The Kier molecular flexibility index (Phi) is 4.84. The van der Waals surface area contributed by atoms with Crippen molar-refractivity contribution in [3.63, 3.8) is 0 Å². The molecule has 0 bridgehead atoms. The Morgan fingerprint density at radius 1 is 1.18 bits per heavy atom. The molecule has 0 amide bonds. The van der Waals surface area contributed by atoms with Gasteiger partial charge in [0.15, 0.2) is 0 Å². The largest absolute Gasteiger partial charge is 0.396 e. The fraction of sp³-hybridized carbons (Fsp3) is 0.571. The average molecular weight is 254 g/mol. The highest BCUT2D eigenvalue weighted by atomic mass is 35.5. The van der Waals surface area contributed by atoms with Gasteiger partial charge in [-0.05, 0) is 49.5 Å². The smallest absolute Gasteiger partial charge is 0.0471 e. The van der Waals surface area contributed by atoms with Crippen molar-refractivity contribution in [2.24, 2.45) is 0 Å². The maximum atomic E-state index is 8.89. The van der Waals surface area contributed by atoms with Gasteiger partial charge in [-0.25, -0.2) is 0 Å². The van der Waals surface area contributed by atoms with Crippen molar-refractivity contribution in [3.8, 4) is 0 Å². The molecule has 1 heterocycles. The lowest BCUT2D eigenvalue weighted by molar-refractivity contribution is 0.221. The molecule has 1 aromatic rings. The van der Waals surface area contributed by atoms with Crippen LogP contribution in [0, 0.1) is 0 Å². The summed E-state index contributed by atoms with van der Waals surface area (Å²) in [6, 6.07) is 6.15. The van der Waals surface area contributed by atoms with Crippen LogP contribution in [0.15, 0.2) is 18.2 Å². The Balaban J connectivity index is 2.00. The van der Waals surface area contributed by atoms with E-state index < -0.39 is 0 Å². The lowest BCUT2D eigenvalue weighted by Gasteiger charge is -2.26. The SMILES string of the molecule is OCCc1ccc(CN2CCCCC2)c(Cl)c1. The molecule has 1 fully saturated rings. The zero-order valence-electron chi connectivity index (χ0n) is 10.2. The number of aliphatic hydroxyl groups is 1. The first-order valence-corrected chi connectivity index (χ1v) is 6.78. The van der Waals surface area contributed by atoms with E-state index in [9.17, 15) is 0 Å². The number of hydrogen-bond donors (Lipinski definition) is 1. The maximum absolute atomic E-state index is 8.89. The average Bonchev–Trinajstić information content (AvgIpc) is 2.34. The highest BCUT2D eigenvalue weighted by Gasteiger charge is 2.12. The summed E-state index contributed by atoms with van der Waals surface area (Å²) in [5.74, 6) is 0. The summed E-state index contributed by atoms with van der Waals surface area (Å²) in [6.45, 7) is 3.52. The summed E-state index contributed by atoms with van der Waals surface area (Å²) in [7, 11) is 0. The number of hydrogen-bond acceptors (Lipinski definition) is 2. The van der Waals surface area contributed by atoms with Crippen LogP contribution in [-0.4, -0.2) is 29.7 Å². The van der Waals surface area contributed by atoms with E-state index in [0.717, 1.165) is 17.1 Å². The lowest BCUT2D eigenvalue weighted by Crippen LogP contribution is -2.29. The summed E-state index contributed by atoms with van der Waals surface area (Å²) in [4.78, 5) is 2.47. The molecule has 1 N–H and O–H groups in total. The molecule has 0 aromatic heterocycles. The standard InChI is InChI=1S/C14H20ClNO/c15-14-10-12(6-9-17)4-5-13(14)11-16-7-2-1-3-8-16/h4-5,10,17H,1-3,6-9,11H2. The van der Waals surface area contributed by atoms with Crippen molar-refractivity contribution >= 4 is 11.6 Å². The van der Waals surface area contributed by atoms with Gasteiger partial charge in [-0.15, -0.1) is 0 Å². The second-order valence-electron chi connectivity index (χ2n) is 4.74. The molecule has 1 aliphatic heterocycles. The fourth-order valence-corrected chi connectivity index (χ4v) is 2.62. The zero-order valence-corrected chi connectivity index (χ0v) is 10.9. The van der Waals surface area contributed by atoms with E-state index in [1.807, 2.05) is 6.07 Å². The molecule has 0 atom stereocenters. The second kappa shape index (κ2) is 6.39. The normalized spacial score (nSPS) is 17.3. The second-order valence-corrected chi connectivity index (χ2v) is 5.14. The Hall–Kier alpha value is -0.570. The van der Waals surface area contributed by atoms with E-state index >= 15 is 0 Å². The fourth-order valence-electron chi connectivity index (χ4n) is 2.36. The van der Waals surface area contributed by atoms with Crippen molar-refractivity contribution in [3.05, 3.63) is 34.3 Å². The Bertz CT molecular complexity index is 361. The lowest BCUT2D eigenvalue weighted by atomic mass is 10.1. The predicted octanol–water partition coefficient (Wildman–Crippen LogP) is 2.86. The summed E-state index contributed by atoms with van der Waals surface area (Å²) in [6.07, 6.45) is 4.66. The van der Waals surface area contributed by atoms with Crippen LogP contribution < -0.4 is 0 Å². The van der Waals surface area contributed by atoms with Crippen LogP contribution >= 0.6 is 11.6 Å². The van der Waals surface area contributed by atoms with Crippen molar-refractivity contribution in [1.29, 1.82) is 0 Å². The highest BCUT2D eigenvalue weighted by molar-refractivity contribution is 6.31. The topological polar surface area (TPSA) is 23.5 Å². The number of benzene rings is 1. The molecule has 0 radical (unpaired) electrons. The van der Waals surface area contributed by atoms with Crippen molar-refractivity contribution in [2.75, 3.05) is 19.7 Å². The number of likely N-dealkylation sites (tertiary alicyclic amines) is 1. The van der Waals surface area contributed by atoms with Crippen molar-refractivity contribution < 1.29 is 5.11 Å². The number of halogens is 1. The molecule has 0 saturated carbocycles. The minimum atomic E-state index is 0.182. The zero-order chi connectivity index (χ0) is 12.1. The van der Waals surface area contributed by atoms with E-state index in [1.54, 1.807) is 0 Å². The first-order valence-electron chi connectivity index (χ1n) is 6.40. The third kappa shape index (κ3) is 3.70. The van der Waals surface area contributed by atoms with Crippen LogP contribution in [0.3, 0.4) is 0 Å². The van der Waals surface area contributed by atoms with Gasteiger partial charge >= 0.3 is 0 Å². The molecular weight excluding hydrogens is 234 g/mol. The Labute approximate surface area is 108 Å². The number of rotatable bonds is 4. The number of piperidine rings is 1. The van der Waals surface area contributed by atoms with Gasteiger partial charge in [0, 0.05) is 18.2 Å². The van der Waals surface area contributed by atoms with E-state index in [2.05, 4.69) is 17.0 Å². The van der Waals surface area contributed by atoms with Gasteiger partial charge < -0.3 is 5.11 Å². The minimum Gasteiger partial charge on any atom is -0.396 e. The molecule has 1 saturated heterocycles. The van der Waals surface area contributed by atoms with E-state index in [-0.39, 0.29) is 6.61 Å². The summed E-state index contributed by atoms with van der Waals surface area (Å²) in [5, 5.41) is 9.72. The molecule has 3 heteroatoms. The van der Waals surface area contributed by atoms with Gasteiger partial charge in [0.05, 0.1) is 0 Å². The highest BCUT2D eigenvalue weighted by Crippen LogP contribution is 2.21. The van der Waals surface area contributed by atoms with Crippen LogP contribution in [0.25, 0.3) is 0 Å². The number of nitrogens with zero attached hydrogens (tertiary/aromatic N) is 1. The van der Waals surface area contributed by atoms with Gasteiger partial charge in [-0.3, -0.25) is 4.90 Å². The third-order valence-electron chi connectivity index (χ3n) is 3.36. The first kappa shape index (κ1) is 12.9. The summed E-state index contributed by atoms with van der Waals surface area (Å²) >= 11 is 6.28. The van der Waals surface area contributed by atoms with Crippen molar-refractivity contribution in [1.82, 2.24) is 4.90 Å². The van der Waals surface area contributed by atoms with Crippen molar-refractivity contribution in [2.45, 2.75) is 32.2 Å². The van der Waals surface area contributed by atoms with E-state index in [1.165, 1.54) is 37.9 Å². The molecule has 0 spiro atoms. The summed E-state index contributed by atoms with van der Waals surface area (Å²) in [5.41, 5.74) is 2.31.